The molecule has 0 bridgehead atoms. The second kappa shape index (κ2) is 9.59. The van der Waals surface area contributed by atoms with Crippen LogP contribution in [0.25, 0.3) is 0 Å². The van der Waals surface area contributed by atoms with Gasteiger partial charge in [0.25, 0.3) is 0 Å². The summed E-state index contributed by atoms with van der Waals surface area (Å²) in [7, 11) is -3.50. The lowest BCUT2D eigenvalue weighted by Gasteiger charge is -2.25. The lowest BCUT2D eigenvalue weighted by atomic mass is 10.1. The van der Waals surface area contributed by atoms with Gasteiger partial charge in [-0.15, -0.1) is 0 Å². The summed E-state index contributed by atoms with van der Waals surface area (Å²) in [5.74, 6) is 0.276. The van der Waals surface area contributed by atoms with E-state index in [4.69, 9.17) is 4.74 Å². The number of sulfone groups is 1. The maximum absolute atomic E-state index is 12.9. The Balaban J connectivity index is 1.75. The van der Waals surface area contributed by atoms with Crippen LogP contribution in [-0.4, -0.2) is 25.8 Å². The van der Waals surface area contributed by atoms with Gasteiger partial charge >= 0.3 is 0 Å². The summed E-state index contributed by atoms with van der Waals surface area (Å²) in [5.41, 5.74) is 2.61. The highest BCUT2D eigenvalue weighted by atomic mass is 32.2. The largest absolute Gasteiger partial charge is 0.489 e. The van der Waals surface area contributed by atoms with E-state index < -0.39 is 21.0 Å². The Morgan fingerprint density at radius 2 is 1.43 bits per heavy atom. The van der Waals surface area contributed by atoms with Crippen molar-refractivity contribution in [3.63, 3.8) is 0 Å². The first-order chi connectivity index (χ1) is 14.3. The van der Waals surface area contributed by atoms with E-state index in [2.05, 4.69) is 0 Å². The molecule has 0 aliphatic carbocycles. The number of hydrogen-bond acceptors (Lipinski definition) is 4. The number of para-hydroxylation sites is 1. The Morgan fingerprint density at radius 1 is 0.867 bits per heavy atom. The van der Waals surface area contributed by atoms with E-state index in [9.17, 15) is 13.2 Å². The first-order valence-electron chi connectivity index (χ1n) is 9.65. The fourth-order valence-electron chi connectivity index (χ4n) is 2.92. The van der Waals surface area contributed by atoms with Crippen molar-refractivity contribution in [2.75, 3.05) is 11.2 Å². The predicted molar refractivity (Wildman–Crippen MR) is 119 cm³/mol. The molecule has 0 heterocycles. The fraction of sp³-hybridized carbons (Fsp3) is 0.208. The third-order valence-corrected chi connectivity index (χ3v) is 6.32. The van der Waals surface area contributed by atoms with Crippen LogP contribution in [0.1, 0.15) is 18.1 Å². The Labute approximate surface area is 177 Å². The summed E-state index contributed by atoms with van der Waals surface area (Å²) < 4.78 is 29.7. The van der Waals surface area contributed by atoms with Gasteiger partial charge in [0.2, 0.25) is 5.91 Å². The van der Waals surface area contributed by atoms with Crippen molar-refractivity contribution in [1.29, 1.82) is 0 Å². The molecular weight excluding hydrogens is 398 g/mol. The van der Waals surface area contributed by atoms with E-state index >= 15 is 0 Å². The number of anilines is 1. The number of nitrogens with zero attached hydrogens (tertiary/aromatic N) is 1. The molecule has 1 atom stereocenters. The number of rotatable bonds is 8. The van der Waals surface area contributed by atoms with Gasteiger partial charge in [0.15, 0.2) is 9.84 Å². The third-order valence-electron chi connectivity index (χ3n) is 4.84. The highest BCUT2D eigenvalue weighted by molar-refractivity contribution is 7.92. The molecule has 5 nitrogen and oxygen atoms in total. The molecule has 0 N–H and O–H groups in total. The number of carbonyl (C=O) groups is 1. The van der Waals surface area contributed by atoms with E-state index in [1.165, 1.54) is 11.8 Å². The quantitative estimate of drug-likeness (QED) is 0.544. The smallest absolute Gasteiger partial charge is 0.245 e. The van der Waals surface area contributed by atoms with Crippen molar-refractivity contribution in [2.24, 2.45) is 0 Å². The highest BCUT2D eigenvalue weighted by Crippen LogP contribution is 2.21. The minimum atomic E-state index is -3.50. The van der Waals surface area contributed by atoms with Crippen molar-refractivity contribution < 1.29 is 17.9 Å². The summed E-state index contributed by atoms with van der Waals surface area (Å²) in [4.78, 5) is 14.4. The van der Waals surface area contributed by atoms with E-state index in [1.807, 2.05) is 72.8 Å². The van der Waals surface area contributed by atoms with Crippen molar-refractivity contribution in [1.82, 2.24) is 0 Å². The molecule has 3 rings (SSSR count). The van der Waals surface area contributed by atoms with Gasteiger partial charge in [-0.25, -0.2) is 8.42 Å². The molecule has 0 aliphatic heterocycles. The number of ether oxygens (including phenoxy) is 1. The molecule has 0 saturated carbocycles. The van der Waals surface area contributed by atoms with E-state index in [0.29, 0.717) is 12.3 Å². The van der Waals surface area contributed by atoms with Crippen LogP contribution in [0.5, 0.6) is 5.75 Å². The van der Waals surface area contributed by atoms with Crippen LogP contribution in [0, 0.1) is 0 Å². The zero-order chi connectivity index (χ0) is 21.6. The molecule has 0 aromatic heterocycles. The monoisotopic (exact) mass is 423 g/mol. The van der Waals surface area contributed by atoms with Gasteiger partial charge in [0.1, 0.15) is 17.6 Å². The van der Waals surface area contributed by atoms with Crippen molar-refractivity contribution in [3.05, 3.63) is 96.1 Å². The van der Waals surface area contributed by atoms with Gasteiger partial charge in [-0.2, -0.15) is 0 Å². The molecule has 156 valence electrons. The number of carbonyl (C=O) groups excluding carboxylic acids is 1. The molecule has 0 aliphatic rings. The van der Waals surface area contributed by atoms with Crippen LogP contribution in [0.3, 0.4) is 0 Å². The molecule has 0 radical (unpaired) electrons. The van der Waals surface area contributed by atoms with E-state index in [1.54, 1.807) is 12.1 Å². The van der Waals surface area contributed by atoms with E-state index in [0.717, 1.165) is 23.1 Å². The minimum Gasteiger partial charge on any atom is -0.489 e. The topological polar surface area (TPSA) is 63.7 Å². The van der Waals surface area contributed by atoms with Gasteiger partial charge in [-0.05, 0) is 42.3 Å². The summed E-state index contributed by atoms with van der Waals surface area (Å²) in [6, 6.07) is 26.5. The summed E-state index contributed by atoms with van der Waals surface area (Å²) in [5, 5.41) is -1.12. The fourth-order valence-corrected chi connectivity index (χ4v) is 3.42. The number of benzene rings is 3. The minimum absolute atomic E-state index is 0.266. The molecule has 1 amide bonds. The maximum atomic E-state index is 12.9. The zero-order valence-electron chi connectivity index (χ0n) is 17.1. The standard InChI is InChI=1S/C24H25NO4S/c1-19(30(2,27)28)24(26)25(22-11-7-4-8-12-22)17-20-13-15-23(16-14-20)29-18-21-9-5-3-6-10-21/h3-16,19H,17-18H2,1-2H3. The first kappa shape index (κ1) is 21.6. The van der Waals surface area contributed by atoms with Gasteiger partial charge in [-0.3, -0.25) is 4.79 Å². The normalized spacial score (nSPS) is 12.2. The zero-order valence-corrected chi connectivity index (χ0v) is 17.9. The SMILES string of the molecule is CC(C(=O)N(Cc1ccc(OCc2ccccc2)cc1)c1ccccc1)S(C)(=O)=O. The maximum Gasteiger partial charge on any atom is 0.245 e. The second-order valence-electron chi connectivity index (χ2n) is 7.15. The van der Waals surface area contributed by atoms with Crippen LogP contribution >= 0.6 is 0 Å². The van der Waals surface area contributed by atoms with Gasteiger partial charge in [0, 0.05) is 11.9 Å². The van der Waals surface area contributed by atoms with Crippen molar-refractivity contribution in [3.8, 4) is 5.75 Å². The molecule has 3 aromatic rings. The molecule has 6 heteroatoms. The second-order valence-corrected chi connectivity index (χ2v) is 9.52. The average Bonchev–Trinajstić information content (AvgIpc) is 2.76. The Morgan fingerprint density at radius 3 is 2.00 bits per heavy atom. The van der Waals surface area contributed by atoms with Crippen LogP contribution in [-0.2, 0) is 27.8 Å². The number of amides is 1. The molecule has 1 unspecified atom stereocenters. The van der Waals surface area contributed by atoms with Gasteiger partial charge in [0.05, 0.1) is 6.54 Å². The summed E-state index contributed by atoms with van der Waals surface area (Å²) in [6.45, 7) is 2.16. The third kappa shape index (κ3) is 5.70. The summed E-state index contributed by atoms with van der Waals surface area (Å²) >= 11 is 0. The van der Waals surface area contributed by atoms with Gasteiger partial charge < -0.3 is 9.64 Å². The first-order valence-corrected chi connectivity index (χ1v) is 11.6. The van der Waals surface area contributed by atoms with Gasteiger partial charge in [-0.1, -0.05) is 60.7 Å². The van der Waals surface area contributed by atoms with Crippen molar-refractivity contribution in [2.45, 2.75) is 25.3 Å². The Kier molecular flexibility index (Phi) is 6.90. The van der Waals surface area contributed by atoms with Crippen LogP contribution in [0.4, 0.5) is 5.69 Å². The van der Waals surface area contributed by atoms with Crippen LogP contribution < -0.4 is 9.64 Å². The van der Waals surface area contributed by atoms with E-state index in [-0.39, 0.29) is 6.54 Å². The molecule has 0 fully saturated rings. The molecule has 0 saturated heterocycles. The predicted octanol–water partition coefficient (Wildman–Crippen LogP) is 4.23. The van der Waals surface area contributed by atoms with Crippen LogP contribution in [0.2, 0.25) is 0 Å². The molecule has 3 aromatic carbocycles. The lowest BCUT2D eigenvalue weighted by Crippen LogP contribution is -2.41. The van der Waals surface area contributed by atoms with Crippen LogP contribution in [0.15, 0.2) is 84.9 Å². The molecule has 0 spiro atoms. The molecular formula is C24H25NO4S. The Hall–Kier alpha value is -3.12. The Bertz CT molecular complexity index is 1070. The summed E-state index contributed by atoms with van der Waals surface area (Å²) in [6.07, 6.45) is 1.08. The highest BCUT2D eigenvalue weighted by Gasteiger charge is 2.29. The average molecular weight is 424 g/mol. The number of hydrogen-bond donors (Lipinski definition) is 0. The lowest BCUT2D eigenvalue weighted by molar-refractivity contribution is -0.118. The molecule has 30 heavy (non-hydrogen) atoms. The van der Waals surface area contributed by atoms with Crippen molar-refractivity contribution >= 4 is 21.4 Å².